The number of pyridine rings is 1. The van der Waals surface area contributed by atoms with Gasteiger partial charge in [0.1, 0.15) is 11.2 Å². The molecule has 1 fully saturated rings. The van der Waals surface area contributed by atoms with E-state index in [1.807, 2.05) is 6.07 Å². The van der Waals surface area contributed by atoms with Gasteiger partial charge in [-0.05, 0) is 30.4 Å². The minimum atomic E-state index is 0.245. The fourth-order valence-corrected chi connectivity index (χ4v) is 1.56. The Morgan fingerprint density at radius 2 is 2.31 bits per heavy atom. The molecule has 66 valence electrons. The fraction of sp³-hybridized carbons (Fsp3) is 0.333. The molecule has 0 aliphatic heterocycles. The molecule has 0 atom stereocenters. The van der Waals surface area contributed by atoms with E-state index in [0.717, 1.165) is 18.4 Å². The van der Waals surface area contributed by atoms with Crippen molar-refractivity contribution in [3.63, 3.8) is 0 Å². The first-order chi connectivity index (χ1) is 6.22. The lowest BCUT2D eigenvalue weighted by atomic mass is 10.1. The summed E-state index contributed by atoms with van der Waals surface area (Å²) in [4.78, 5) is 3.84. The Morgan fingerprint density at radius 1 is 1.62 bits per heavy atom. The highest BCUT2D eigenvalue weighted by atomic mass is 35.5. The first kappa shape index (κ1) is 8.33. The van der Waals surface area contributed by atoms with Crippen molar-refractivity contribution in [3.8, 4) is 6.07 Å². The number of anilines is 1. The van der Waals surface area contributed by atoms with E-state index < -0.39 is 0 Å². The van der Waals surface area contributed by atoms with Crippen LogP contribution in [0, 0.1) is 11.3 Å². The highest BCUT2D eigenvalue weighted by Crippen LogP contribution is 2.43. The van der Waals surface area contributed by atoms with E-state index in [9.17, 15) is 0 Å². The zero-order chi connectivity index (χ0) is 9.42. The van der Waals surface area contributed by atoms with Crippen molar-refractivity contribution >= 4 is 17.3 Å². The lowest BCUT2D eigenvalue weighted by molar-refractivity contribution is 1.10. The second-order valence-corrected chi connectivity index (χ2v) is 3.57. The maximum atomic E-state index is 8.72. The number of nitrogens with zero attached hydrogens (tertiary/aromatic N) is 2. The van der Waals surface area contributed by atoms with Crippen molar-refractivity contribution in [3.05, 3.63) is 22.5 Å². The summed E-state index contributed by atoms with van der Waals surface area (Å²) in [6, 6.07) is 3.70. The van der Waals surface area contributed by atoms with Crippen molar-refractivity contribution in [1.82, 2.24) is 4.98 Å². The Balaban J connectivity index is 2.55. The Morgan fingerprint density at radius 3 is 2.85 bits per heavy atom. The fourth-order valence-electron chi connectivity index (χ4n) is 1.36. The molecule has 1 aliphatic carbocycles. The van der Waals surface area contributed by atoms with Gasteiger partial charge in [-0.2, -0.15) is 5.26 Å². The van der Waals surface area contributed by atoms with Crippen molar-refractivity contribution in [2.45, 2.75) is 18.8 Å². The zero-order valence-corrected chi connectivity index (χ0v) is 7.67. The van der Waals surface area contributed by atoms with Crippen LogP contribution in [0.1, 0.15) is 30.0 Å². The van der Waals surface area contributed by atoms with Gasteiger partial charge in [-0.3, -0.25) is 0 Å². The molecule has 2 rings (SSSR count). The highest BCUT2D eigenvalue weighted by molar-refractivity contribution is 6.29. The van der Waals surface area contributed by atoms with Crippen LogP contribution in [0.2, 0.25) is 5.15 Å². The zero-order valence-electron chi connectivity index (χ0n) is 6.92. The number of nitriles is 1. The molecule has 13 heavy (non-hydrogen) atoms. The van der Waals surface area contributed by atoms with Crippen LogP contribution in [0.25, 0.3) is 0 Å². The summed E-state index contributed by atoms with van der Waals surface area (Å²) in [5.74, 6) is 0.493. The first-order valence-corrected chi connectivity index (χ1v) is 4.46. The average molecular weight is 194 g/mol. The Kier molecular flexibility index (Phi) is 1.86. The molecule has 0 saturated heterocycles. The molecule has 0 unspecified atom stereocenters. The second-order valence-electron chi connectivity index (χ2n) is 3.18. The number of nitrogen functional groups attached to an aromatic ring is 1. The van der Waals surface area contributed by atoms with Gasteiger partial charge in [-0.25, -0.2) is 4.98 Å². The molecule has 4 heteroatoms. The predicted molar refractivity (Wildman–Crippen MR) is 50.3 cm³/mol. The maximum Gasteiger partial charge on any atom is 0.165 e. The van der Waals surface area contributed by atoms with E-state index >= 15 is 0 Å². The SMILES string of the molecule is N#Cc1nc(Cl)cc(C2CC2)c1N. The Labute approximate surface area is 81.1 Å². The van der Waals surface area contributed by atoms with Gasteiger partial charge in [0.25, 0.3) is 0 Å². The molecule has 0 radical (unpaired) electrons. The summed E-state index contributed by atoms with van der Waals surface area (Å²) in [5.41, 5.74) is 7.48. The molecule has 1 aromatic rings. The van der Waals surface area contributed by atoms with Gasteiger partial charge in [0.15, 0.2) is 5.69 Å². The third-order valence-corrected chi connectivity index (χ3v) is 2.38. The molecule has 3 nitrogen and oxygen atoms in total. The third kappa shape index (κ3) is 1.45. The van der Waals surface area contributed by atoms with E-state index in [-0.39, 0.29) is 5.69 Å². The van der Waals surface area contributed by atoms with Gasteiger partial charge >= 0.3 is 0 Å². The highest BCUT2D eigenvalue weighted by Gasteiger charge is 2.27. The summed E-state index contributed by atoms with van der Waals surface area (Å²) < 4.78 is 0. The third-order valence-electron chi connectivity index (χ3n) is 2.18. The molecular weight excluding hydrogens is 186 g/mol. The van der Waals surface area contributed by atoms with Crippen LogP contribution in [0.5, 0.6) is 0 Å². The lowest BCUT2D eigenvalue weighted by Crippen LogP contribution is -1.99. The van der Waals surface area contributed by atoms with Crippen molar-refractivity contribution in [1.29, 1.82) is 5.26 Å². The molecular formula is C9H8ClN3. The monoisotopic (exact) mass is 193 g/mol. The molecule has 0 spiro atoms. The Hall–Kier alpha value is -1.27. The molecule has 1 heterocycles. The molecule has 1 aliphatic rings. The van der Waals surface area contributed by atoms with Gasteiger partial charge < -0.3 is 5.73 Å². The minimum absolute atomic E-state index is 0.245. The topological polar surface area (TPSA) is 62.7 Å². The van der Waals surface area contributed by atoms with Crippen LogP contribution in [0.15, 0.2) is 6.07 Å². The smallest absolute Gasteiger partial charge is 0.165 e. The standard InChI is InChI=1S/C9H8ClN3/c10-8-3-6(5-1-2-5)9(12)7(4-11)13-8/h3,5H,1-2,12H2. The molecule has 0 bridgehead atoms. The number of rotatable bonds is 1. The quantitative estimate of drug-likeness (QED) is 0.695. The van der Waals surface area contributed by atoms with E-state index in [4.69, 9.17) is 22.6 Å². The molecule has 0 amide bonds. The number of nitrogens with two attached hydrogens (primary N) is 1. The lowest BCUT2D eigenvalue weighted by Gasteiger charge is -2.04. The number of hydrogen-bond acceptors (Lipinski definition) is 3. The van der Waals surface area contributed by atoms with Gasteiger partial charge in [-0.15, -0.1) is 0 Å². The predicted octanol–water partition coefficient (Wildman–Crippen LogP) is 2.07. The van der Waals surface area contributed by atoms with Crippen LogP contribution in [-0.2, 0) is 0 Å². The summed E-state index contributed by atoms with van der Waals surface area (Å²) in [6.45, 7) is 0. The van der Waals surface area contributed by atoms with Crippen molar-refractivity contribution < 1.29 is 0 Å². The van der Waals surface area contributed by atoms with Gasteiger partial charge in [-0.1, -0.05) is 11.6 Å². The summed E-state index contributed by atoms with van der Waals surface area (Å²) in [7, 11) is 0. The first-order valence-electron chi connectivity index (χ1n) is 4.08. The van der Waals surface area contributed by atoms with Crippen LogP contribution < -0.4 is 5.73 Å². The van der Waals surface area contributed by atoms with Crippen LogP contribution in [0.4, 0.5) is 5.69 Å². The normalized spacial score (nSPS) is 15.4. The van der Waals surface area contributed by atoms with Crippen molar-refractivity contribution in [2.75, 3.05) is 5.73 Å². The molecule has 1 saturated carbocycles. The number of hydrogen-bond donors (Lipinski definition) is 1. The van der Waals surface area contributed by atoms with Gasteiger partial charge in [0.05, 0.1) is 5.69 Å². The van der Waals surface area contributed by atoms with Gasteiger partial charge in [0, 0.05) is 0 Å². The second kappa shape index (κ2) is 2.90. The summed E-state index contributed by atoms with van der Waals surface area (Å²) in [6.07, 6.45) is 2.27. The van der Waals surface area contributed by atoms with E-state index in [1.165, 1.54) is 0 Å². The number of aromatic nitrogens is 1. The molecule has 2 N–H and O–H groups in total. The Bertz CT molecular complexity index is 391. The minimum Gasteiger partial charge on any atom is -0.396 e. The van der Waals surface area contributed by atoms with Crippen LogP contribution >= 0.6 is 11.6 Å². The van der Waals surface area contributed by atoms with Crippen molar-refractivity contribution in [2.24, 2.45) is 0 Å². The molecule has 1 aromatic heterocycles. The summed E-state index contributed by atoms with van der Waals surface area (Å²) in [5, 5.41) is 9.07. The largest absolute Gasteiger partial charge is 0.396 e. The summed E-state index contributed by atoms with van der Waals surface area (Å²) >= 11 is 5.75. The molecule has 0 aromatic carbocycles. The van der Waals surface area contributed by atoms with Crippen LogP contribution in [0.3, 0.4) is 0 Å². The van der Waals surface area contributed by atoms with E-state index in [1.54, 1.807) is 6.07 Å². The van der Waals surface area contributed by atoms with E-state index in [2.05, 4.69) is 4.98 Å². The van der Waals surface area contributed by atoms with E-state index in [0.29, 0.717) is 16.8 Å². The van der Waals surface area contributed by atoms with Crippen LogP contribution in [-0.4, -0.2) is 4.98 Å². The number of halogens is 1. The average Bonchev–Trinajstić information content (AvgIpc) is 2.91. The van der Waals surface area contributed by atoms with Gasteiger partial charge in [0.2, 0.25) is 0 Å². The maximum absolute atomic E-state index is 8.72.